The lowest BCUT2D eigenvalue weighted by Crippen LogP contribution is -2.20. The van der Waals surface area contributed by atoms with Gasteiger partial charge in [0.1, 0.15) is 0 Å². The molecule has 1 aromatic carbocycles. The zero-order valence-electron chi connectivity index (χ0n) is 10.6. The fraction of sp³-hybridized carbons (Fsp3) is 0.538. The highest BCUT2D eigenvalue weighted by Crippen LogP contribution is 2.30. The molecule has 0 bridgehead atoms. The molecule has 102 valence electrons. The minimum absolute atomic E-state index is 0.169. The van der Waals surface area contributed by atoms with Crippen LogP contribution in [0.4, 0.5) is 0 Å². The normalized spacial score (nSPS) is 10.4. The van der Waals surface area contributed by atoms with Crippen LogP contribution in [0, 0.1) is 0 Å². The molecular weight excluding hydrogens is 298 g/mol. The first kappa shape index (κ1) is 15.3. The highest BCUT2D eigenvalue weighted by molar-refractivity contribution is 9.10. The average molecular weight is 318 g/mol. The van der Waals surface area contributed by atoms with Gasteiger partial charge in [0.15, 0.2) is 11.5 Å². The van der Waals surface area contributed by atoms with Gasteiger partial charge in [-0.15, -0.1) is 0 Å². The van der Waals surface area contributed by atoms with Gasteiger partial charge in [0.25, 0.3) is 0 Å². The van der Waals surface area contributed by atoms with E-state index in [0.29, 0.717) is 19.8 Å². The summed E-state index contributed by atoms with van der Waals surface area (Å²) in [6, 6.07) is 5.74. The number of halogens is 1. The first-order valence-electron chi connectivity index (χ1n) is 6.14. The fourth-order valence-electron chi connectivity index (χ4n) is 1.45. The van der Waals surface area contributed by atoms with Crippen LogP contribution in [0.2, 0.25) is 0 Å². The highest BCUT2D eigenvalue weighted by Gasteiger charge is 2.05. The molecule has 0 unspecified atom stereocenters. The lowest BCUT2D eigenvalue weighted by atomic mass is 10.3. The zero-order chi connectivity index (χ0) is 13.2. The van der Waals surface area contributed by atoms with Crippen LogP contribution in [0.15, 0.2) is 22.7 Å². The summed E-state index contributed by atoms with van der Waals surface area (Å²) < 4.78 is 12.2. The minimum Gasteiger partial charge on any atom is -0.490 e. The van der Waals surface area contributed by atoms with E-state index in [1.165, 1.54) is 0 Å². The van der Waals surface area contributed by atoms with E-state index in [4.69, 9.17) is 14.6 Å². The van der Waals surface area contributed by atoms with E-state index < -0.39 is 0 Å². The van der Waals surface area contributed by atoms with Gasteiger partial charge in [0.2, 0.25) is 0 Å². The predicted molar refractivity (Wildman–Crippen MR) is 75.4 cm³/mol. The van der Waals surface area contributed by atoms with Gasteiger partial charge in [-0.3, -0.25) is 0 Å². The van der Waals surface area contributed by atoms with Crippen LogP contribution in [0.25, 0.3) is 0 Å². The number of hydrogen-bond donors (Lipinski definition) is 2. The second-order valence-electron chi connectivity index (χ2n) is 3.70. The summed E-state index contributed by atoms with van der Waals surface area (Å²) in [5.74, 6) is 1.53. The standard InChI is InChI=1S/C13H20BrNO3/c1-2-17-13-10-11(14)4-5-12(13)18-9-3-6-15-7-8-16/h4-5,10,15-16H,2-3,6-9H2,1H3. The van der Waals surface area contributed by atoms with Crippen molar-refractivity contribution in [1.29, 1.82) is 0 Å². The number of aliphatic hydroxyl groups excluding tert-OH is 1. The molecule has 0 spiro atoms. The summed E-state index contributed by atoms with van der Waals surface area (Å²) >= 11 is 3.41. The maximum atomic E-state index is 8.61. The summed E-state index contributed by atoms with van der Waals surface area (Å²) in [7, 11) is 0. The topological polar surface area (TPSA) is 50.7 Å². The van der Waals surface area contributed by atoms with Crippen molar-refractivity contribution in [2.45, 2.75) is 13.3 Å². The van der Waals surface area contributed by atoms with Gasteiger partial charge in [0, 0.05) is 11.0 Å². The Morgan fingerprint density at radius 2 is 2.06 bits per heavy atom. The molecule has 4 nitrogen and oxygen atoms in total. The van der Waals surface area contributed by atoms with Gasteiger partial charge in [-0.2, -0.15) is 0 Å². The van der Waals surface area contributed by atoms with Gasteiger partial charge < -0.3 is 19.9 Å². The second-order valence-corrected chi connectivity index (χ2v) is 4.62. The molecule has 0 aliphatic rings. The summed E-state index contributed by atoms with van der Waals surface area (Å²) in [6.45, 7) is 4.82. The van der Waals surface area contributed by atoms with Crippen LogP contribution in [-0.4, -0.2) is 38.0 Å². The molecule has 2 N–H and O–H groups in total. The fourth-order valence-corrected chi connectivity index (χ4v) is 1.79. The zero-order valence-corrected chi connectivity index (χ0v) is 12.2. The van der Waals surface area contributed by atoms with E-state index in [1.54, 1.807) is 0 Å². The monoisotopic (exact) mass is 317 g/mol. The van der Waals surface area contributed by atoms with Crippen molar-refractivity contribution in [3.05, 3.63) is 22.7 Å². The lowest BCUT2D eigenvalue weighted by molar-refractivity contribution is 0.266. The van der Waals surface area contributed by atoms with Crippen molar-refractivity contribution in [1.82, 2.24) is 5.32 Å². The van der Waals surface area contributed by atoms with E-state index in [-0.39, 0.29) is 6.61 Å². The molecule has 0 aromatic heterocycles. The molecule has 0 heterocycles. The SMILES string of the molecule is CCOc1cc(Br)ccc1OCCCNCCO. The molecule has 5 heteroatoms. The molecule has 0 aliphatic carbocycles. The molecule has 1 rings (SSSR count). The van der Waals surface area contributed by atoms with Crippen molar-refractivity contribution >= 4 is 15.9 Å². The van der Waals surface area contributed by atoms with Crippen molar-refractivity contribution in [3.63, 3.8) is 0 Å². The maximum absolute atomic E-state index is 8.61. The second kappa shape index (κ2) is 9.19. The van der Waals surface area contributed by atoms with E-state index in [1.807, 2.05) is 25.1 Å². The molecular formula is C13H20BrNO3. The van der Waals surface area contributed by atoms with E-state index in [0.717, 1.165) is 28.9 Å². The van der Waals surface area contributed by atoms with E-state index >= 15 is 0 Å². The summed E-state index contributed by atoms with van der Waals surface area (Å²) in [5, 5.41) is 11.7. The Kier molecular flexibility index (Phi) is 7.80. The third kappa shape index (κ3) is 5.71. The third-order valence-electron chi connectivity index (χ3n) is 2.25. The molecule has 18 heavy (non-hydrogen) atoms. The van der Waals surface area contributed by atoms with Gasteiger partial charge >= 0.3 is 0 Å². The number of benzene rings is 1. The van der Waals surface area contributed by atoms with Crippen LogP contribution in [0.1, 0.15) is 13.3 Å². The van der Waals surface area contributed by atoms with Gasteiger partial charge in [-0.1, -0.05) is 15.9 Å². The lowest BCUT2D eigenvalue weighted by Gasteiger charge is -2.12. The van der Waals surface area contributed by atoms with Crippen molar-refractivity contribution in [2.75, 3.05) is 32.9 Å². The number of nitrogens with one attached hydrogen (secondary N) is 1. The molecule has 0 saturated carbocycles. The van der Waals surface area contributed by atoms with E-state index in [2.05, 4.69) is 21.2 Å². The number of ether oxygens (including phenoxy) is 2. The van der Waals surface area contributed by atoms with Crippen molar-refractivity contribution in [2.24, 2.45) is 0 Å². The Balaban J connectivity index is 2.36. The molecule has 0 fully saturated rings. The molecule has 1 aromatic rings. The highest BCUT2D eigenvalue weighted by atomic mass is 79.9. The first-order valence-corrected chi connectivity index (χ1v) is 6.94. The Labute approximate surface area is 116 Å². The van der Waals surface area contributed by atoms with Gasteiger partial charge in [-0.25, -0.2) is 0 Å². The molecule has 0 saturated heterocycles. The number of hydrogen-bond acceptors (Lipinski definition) is 4. The van der Waals surface area contributed by atoms with Gasteiger partial charge in [0.05, 0.1) is 19.8 Å². The van der Waals surface area contributed by atoms with Crippen LogP contribution in [0.5, 0.6) is 11.5 Å². The maximum Gasteiger partial charge on any atom is 0.162 e. The summed E-state index contributed by atoms with van der Waals surface area (Å²) in [4.78, 5) is 0. The molecule has 0 atom stereocenters. The predicted octanol–water partition coefficient (Wildman–Crippen LogP) is 2.20. The molecule has 0 amide bonds. The van der Waals surface area contributed by atoms with Crippen molar-refractivity contribution < 1.29 is 14.6 Å². The molecule has 0 radical (unpaired) electrons. The van der Waals surface area contributed by atoms with Crippen LogP contribution < -0.4 is 14.8 Å². The largest absolute Gasteiger partial charge is 0.490 e. The Morgan fingerprint density at radius 3 is 2.78 bits per heavy atom. The minimum atomic E-state index is 0.169. The first-order chi connectivity index (χ1) is 8.77. The van der Waals surface area contributed by atoms with Crippen LogP contribution >= 0.6 is 15.9 Å². The van der Waals surface area contributed by atoms with Crippen molar-refractivity contribution in [3.8, 4) is 11.5 Å². The smallest absolute Gasteiger partial charge is 0.162 e. The van der Waals surface area contributed by atoms with E-state index in [9.17, 15) is 0 Å². The average Bonchev–Trinajstić information content (AvgIpc) is 2.36. The summed E-state index contributed by atoms with van der Waals surface area (Å²) in [5.41, 5.74) is 0. The van der Waals surface area contributed by atoms with Crippen LogP contribution in [-0.2, 0) is 0 Å². The Morgan fingerprint density at radius 1 is 1.22 bits per heavy atom. The molecule has 0 aliphatic heterocycles. The Bertz CT molecular complexity index is 347. The third-order valence-corrected chi connectivity index (χ3v) is 2.74. The quantitative estimate of drug-likeness (QED) is 0.686. The number of aliphatic hydroxyl groups is 1. The van der Waals surface area contributed by atoms with Gasteiger partial charge in [-0.05, 0) is 38.1 Å². The Hall–Kier alpha value is -0.780. The summed E-state index contributed by atoms with van der Waals surface area (Å²) in [6.07, 6.45) is 0.891. The number of rotatable bonds is 9. The van der Waals surface area contributed by atoms with Crippen LogP contribution in [0.3, 0.4) is 0 Å².